The van der Waals surface area contributed by atoms with Crippen LogP contribution >= 0.6 is 11.6 Å². The quantitative estimate of drug-likeness (QED) is 0.677. The van der Waals surface area contributed by atoms with Crippen LogP contribution in [0.3, 0.4) is 0 Å². The van der Waals surface area contributed by atoms with Gasteiger partial charge in [-0.3, -0.25) is 9.59 Å². The highest BCUT2D eigenvalue weighted by Crippen LogP contribution is 2.52. The molecular weight excluding hydrogens is 402 g/mol. The molecule has 0 bridgehead atoms. The van der Waals surface area contributed by atoms with Crippen molar-refractivity contribution in [3.05, 3.63) is 98.2 Å². The van der Waals surface area contributed by atoms with Crippen LogP contribution in [0.15, 0.2) is 59.4 Å². The van der Waals surface area contributed by atoms with E-state index in [2.05, 4.69) is 17.1 Å². The summed E-state index contributed by atoms with van der Waals surface area (Å²) in [5.74, 6) is 0.157. The lowest BCUT2D eigenvalue weighted by molar-refractivity contribution is -0.141. The summed E-state index contributed by atoms with van der Waals surface area (Å²) in [6.07, 6.45) is 0.463. The van der Waals surface area contributed by atoms with Gasteiger partial charge in [-0.05, 0) is 24.5 Å². The van der Waals surface area contributed by atoms with E-state index in [0.717, 1.165) is 18.4 Å². The lowest BCUT2D eigenvalue weighted by atomic mass is 9.95. The van der Waals surface area contributed by atoms with Crippen LogP contribution in [0, 0.1) is 0 Å². The van der Waals surface area contributed by atoms with Crippen LogP contribution in [0.4, 0.5) is 0 Å². The Kier molecular flexibility index (Phi) is 4.49. The fraction of sp³-hybridized carbons (Fsp3) is 0.261. The van der Waals surface area contributed by atoms with Gasteiger partial charge in [0.05, 0.1) is 29.8 Å². The molecular formula is C23H20ClN3O3. The Hall–Kier alpha value is -2.96. The standard InChI is InChI=1S/C23H20ClN3O3/c24-17-9-5-4-8-15(17)19(28)21(30)27-12-16-18(13-27)25-22(26-20(16)29)23(10-11-23)14-6-2-1-3-7-14/h1-9,19,28H,10-13H2,(H,25,26,29)/t19-/m1/s1. The summed E-state index contributed by atoms with van der Waals surface area (Å²) in [7, 11) is 0. The molecule has 1 saturated carbocycles. The van der Waals surface area contributed by atoms with Crippen LogP contribution in [0.1, 0.15) is 47.2 Å². The second-order valence-corrected chi connectivity index (χ2v) is 8.31. The minimum Gasteiger partial charge on any atom is -0.378 e. The van der Waals surface area contributed by atoms with E-state index in [-0.39, 0.29) is 24.1 Å². The van der Waals surface area contributed by atoms with E-state index in [4.69, 9.17) is 16.6 Å². The van der Waals surface area contributed by atoms with Gasteiger partial charge in [-0.1, -0.05) is 60.1 Å². The second kappa shape index (κ2) is 7.07. The summed E-state index contributed by atoms with van der Waals surface area (Å²) in [5.41, 5.74) is 2.07. The molecule has 152 valence electrons. The van der Waals surface area contributed by atoms with E-state index in [1.54, 1.807) is 24.3 Å². The van der Waals surface area contributed by atoms with Crippen LogP contribution in [0.5, 0.6) is 0 Å². The summed E-state index contributed by atoms with van der Waals surface area (Å²) < 4.78 is 0. The van der Waals surface area contributed by atoms with E-state index in [9.17, 15) is 14.7 Å². The second-order valence-electron chi connectivity index (χ2n) is 7.91. The molecule has 2 aromatic carbocycles. The van der Waals surface area contributed by atoms with Gasteiger partial charge in [0.1, 0.15) is 5.82 Å². The fourth-order valence-electron chi connectivity index (χ4n) is 4.20. The van der Waals surface area contributed by atoms with Crippen molar-refractivity contribution in [1.29, 1.82) is 0 Å². The number of halogens is 1. The number of aliphatic hydroxyl groups is 1. The van der Waals surface area contributed by atoms with E-state index in [1.165, 1.54) is 4.90 Å². The molecule has 1 aromatic heterocycles. The van der Waals surface area contributed by atoms with Crippen molar-refractivity contribution in [2.45, 2.75) is 37.5 Å². The molecule has 0 unspecified atom stereocenters. The molecule has 3 aromatic rings. The minimum absolute atomic E-state index is 0.122. The maximum absolute atomic E-state index is 12.9. The first-order chi connectivity index (χ1) is 14.5. The number of benzene rings is 2. The summed E-state index contributed by atoms with van der Waals surface area (Å²) in [6, 6.07) is 16.7. The zero-order valence-electron chi connectivity index (χ0n) is 16.1. The topological polar surface area (TPSA) is 86.3 Å². The molecule has 1 aliphatic carbocycles. The predicted molar refractivity (Wildman–Crippen MR) is 112 cm³/mol. The Morgan fingerprint density at radius 1 is 1.10 bits per heavy atom. The Bertz CT molecular complexity index is 1190. The maximum atomic E-state index is 12.9. The Labute approximate surface area is 178 Å². The monoisotopic (exact) mass is 421 g/mol. The molecule has 2 heterocycles. The van der Waals surface area contributed by atoms with E-state index >= 15 is 0 Å². The van der Waals surface area contributed by atoms with Gasteiger partial charge in [0, 0.05) is 10.6 Å². The summed E-state index contributed by atoms with van der Waals surface area (Å²) in [4.78, 5) is 34.8. The summed E-state index contributed by atoms with van der Waals surface area (Å²) in [6.45, 7) is 0.314. The lowest BCUT2D eigenvalue weighted by Crippen LogP contribution is -2.31. The van der Waals surface area contributed by atoms with Crippen LogP contribution < -0.4 is 5.56 Å². The molecule has 6 nitrogen and oxygen atoms in total. The zero-order chi connectivity index (χ0) is 20.9. The molecule has 2 aliphatic rings. The molecule has 0 spiro atoms. The third-order valence-corrected chi connectivity index (χ3v) is 6.41. The molecule has 5 rings (SSSR count). The number of amides is 1. The maximum Gasteiger partial charge on any atom is 0.256 e. The first kappa shape index (κ1) is 19.0. The number of hydrogen-bond acceptors (Lipinski definition) is 4. The molecule has 1 amide bonds. The zero-order valence-corrected chi connectivity index (χ0v) is 16.9. The normalized spacial score (nSPS) is 17.5. The van der Waals surface area contributed by atoms with Gasteiger partial charge < -0.3 is 15.0 Å². The molecule has 1 atom stereocenters. The number of carbonyl (C=O) groups excluding carboxylic acids is 1. The Balaban J connectivity index is 1.43. The van der Waals surface area contributed by atoms with E-state index in [1.807, 2.05) is 18.2 Å². The predicted octanol–water partition coefficient (Wildman–Crippen LogP) is 3.08. The lowest BCUT2D eigenvalue weighted by Gasteiger charge is -2.20. The first-order valence-corrected chi connectivity index (χ1v) is 10.3. The number of aromatic nitrogens is 2. The minimum atomic E-state index is -1.38. The molecule has 2 N–H and O–H groups in total. The highest BCUT2D eigenvalue weighted by molar-refractivity contribution is 6.31. The van der Waals surface area contributed by atoms with Crippen LogP contribution in [-0.2, 0) is 23.3 Å². The van der Waals surface area contributed by atoms with Crippen molar-refractivity contribution < 1.29 is 9.90 Å². The molecule has 7 heteroatoms. The highest BCUT2D eigenvalue weighted by Gasteiger charge is 2.49. The number of fused-ring (bicyclic) bond motifs is 1. The number of hydrogen-bond donors (Lipinski definition) is 2. The van der Waals surface area contributed by atoms with Gasteiger partial charge in [-0.2, -0.15) is 0 Å². The number of aliphatic hydroxyl groups excluding tert-OH is 1. The van der Waals surface area contributed by atoms with Gasteiger partial charge in [0.25, 0.3) is 11.5 Å². The molecule has 0 radical (unpaired) electrons. The van der Waals surface area contributed by atoms with Crippen LogP contribution in [-0.4, -0.2) is 25.9 Å². The smallest absolute Gasteiger partial charge is 0.256 e. The first-order valence-electron chi connectivity index (χ1n) is 9.89. The van der Waals surface area contributed by atoms with Crippen LogP contribution in [0.25, 0.3) is 0 Å². The third-order valence-electron chi connectivity index (χ3n) is 6.07. The van der Waals surface area contributed by atoms with Crippen molar-refractivity contribution in [1.82, 2.24) is 14.9 Å². The van der Waals surface area contributed by atoms with Crippen molar-refractivity contribution in [2.24, 2.45) is 0 Å². The fourth-order valence-corrected chi connectivity index (χ4v) is 4.43. The van der Waals surface area contributed by atoms with Gasteiger partial charge in [-0.15, -0.1) is 0 Å². The SMILES string of the molecule is O=C([C@H](O)c1ccccc1Cl)N1Cc2nc(C3(c4ccccc4)CC3)[nH]c(=O)c2C1. The average molecular weight is 422 g/mol. The van der Waals surface area contributed by atoms with E-state index < -0.39 is 12.0 Å². The molecule has 1 fully saturated rings. The number of rotatable bonds is 4. The number of nitrogens with zero attached hydrogens (tertiary/aromatic N) is 2. The average Bonchev–Trinajstić information content (AvgIpc) is 3.46. The van der Waals surface area contributed by atoms with Crippen LogP contribution in [0.2, 0.25) is 5.02 Å². The molecule has 30 heavy (non-hydrogen) atoms. The van der Waals surface area contributed by atoms with Gasteiger partial charge in [0.2, 0.25) is 0 Å². The summed E-state index contributed by atoms with van der Waals surface area (Å²) >= 11 is 6.12. The highest BCUT2D eigenvalue weighted by atomic mass is 35.5. The van der Waals surface area contributed by atoms with Gasteiger partial charge in [0.15, 0.2) is 6.10 Å². The van der Waals surface area contributed by atoms with Crippen molar-refractivity contribution in [3.63, 3.8) is 0 Å². The number of H-pyrrole nitrogens is 1. The largest absolute Gasteiger partial charge is 0.378 e. The third kappa shape index (κ3) is 3.04. The number of nitrogens with one attached hydrogen (secondary N) is 1. The summed E-state index contributed by atoms with van der Waals surface area (Å²) in [5, 5.41) is 10.9. The van der Waals surface area contributed by atoms with Crippen molar-refractivity contribution in [2.75, 3.05) is 0 Å². The number of aromatic amines is 1. The van der Waals surface area contributed by atoms with Gasteiger partial charge >= 0.3 is 0 Å². The Morgan fingerprint density at radius 3 is 2.50 bits per heavy atom. The van der Waals surface area contributed by atoms with Gasteiger partial charge in [-0.25, -0.2) is 4.98 Å². The van der Waals surface area contributed by atoms with Crippen molar-refractivity contribution >= 4 is 17.5 Å². The van der Waals surface area contributed by atoms with Crippen molar-refractivity contribution in [3.8, 4) is 0 Å². The Morgan fingerprint density at radius 2 is 1.80 bits per heavy atom. The molecule has 0 saturated heterocycles. The number of carbonyl (C=O) groups is 1. The van der Waals surface area contributed by atoms with E-state index in [0.29, 0.717) is 27.7 Å². The molecule has 1 aliphatic heterocycles.